The SMILES string of the molecule is Cc1cc2c(cc1NC(=O)CC(=O)O)OCCO2. The van der Waals surface area contributed by atoms with Gasteiger partial charge in [0.25, 0.3) is 0 Å². The molecule has 0 spiro atoms. The second-order valence-electron chi connectivity index (χ2n) is 3.93. The number of aryl methyl sites for hydroxylation is 1. The van der Waals surface area contributed by atoms with E-state index in [-0.39, 0.29) is 0 Å². The van der Waals surface area contributed by atoms with Crippen LogP contribution < -0.4 is 14.8 Å². The summed E-state index contributed by atoms with van der Waals surface area (Å²) in [5.74, 6) is -0.544. The highest BCUT2D eigenvalue weighted by Gasteiger charge is 2.16. The Bertz CT molecular complexity index is 497. The summed E-state index contributed by atoms with van der Waals surface area (Å²) < 4.78 is 10.8. The molecule has 2 N–H and O–H groups in total. The zero-order valence-corrected chi connectivity index (χ0v) is 9.86. The molecule has 1 amide bonds. The van der Waals surface area contributed by atoms with Crippen molar-refractivity contribution in [3.05, 3.63) is 17.7 Å². The fraction of sp³-hybridized carbons (Fsp3) is 0.333. The van der Waals surface area contributed by atoms with E-state index in [4.69, 9.17) is 14.6 Å². The average molecular weight is 251 g/mol. The highest BCUT2D eigenvalue weighted by molar-refractivity contribution is 6.01. The number of ether oxygens (including phenoxy) is 2. The van der Waals surface area contributed by atoms with Gasteiger partial charge in [0.05, 0.1) is 0 Å². The van der Waals surface area contributed by atoms with Crippen molar-refractivity contribution in [1.29, 1.82) is 0 Å². The van der Waals surface area contributed by atoms with E-state index in [0.29, 0.717) is 30.4 Å². The molecular weight excluding hydrogens is 238 g/mol. The van der Waals surface area contributed by atoms with Crippen LogP contribution in [0.3, 0.4) is 0 Å². The zero-order valence-electron chi connectivity index (χ0n) is 9.86. The van der Waals surface area contributed by atoms with Gasteiger partial charge in [-0.25, -0.2) is 0 Å². The maximum atomic E-state index is 11.4. The molecule has 0 radical (unpaired) electrons. The van der Waals surface area contributed by atoms with Crippen molar-refractivity contribution in [2.45, 2.75) is 13.3 Å². The fourth-order valence-corrected chi connectivity index (χ4v) is 1.66. The number of hydrogen-bond donors (Lipinski definition) is 2. The van der Waals surface area contributed by atoms with Crippen LogP contribution in [-0.4, -0.2) is 30.2 Å². The van der Waals surface area contributed by atoms with Crippen molar-refractivity contribution >= 4 is 17.6 Å². The molecule has 0 bridgehead atoms. The second kappa shape index (κ2) is 4.95. The summed E-state index contributed by atoms with van der Waals surface area (Å²) in [6, 6.07) is 3.40. The number of nitrogens with one attached hydrogen (secondary N) is 1. The standard InChI is InChI=1S/C12H13NO5/c1-7-4-9-10(18-3-2-17-9)5-8(7)13-11(14)6-12(15)16/h4-5H,2-3,6H2,1H3,(H,13,14)(H,15,16). The van der Waals surface area contributed by atoms with E-state index >= 15 is 0 Å². The minimum Gasteiger partial charge on any atom is -0.486 e. The van der Waals surface area contributed by atoms with Gasteiger partial charge in [0.15, 0.2) is 11.5 Å². The molecule has 1 heterocycles. The summed E-state index contributed by atoms with van der Waals surface area (Å²) in [5.41, 5.74) is 1.32. The molecule has 1 aliphatic heterocycles. The predicted molar refractivity (Wildman–Crippen MR) is 63.1 cm³/mol. The number of carbonyl (C=O) groups is 2. The van der Waals surface area contributed by atoms with Gasteiger partial charge in [0.2, 0.25) is 5.91 Å². The van der Waals surface area contributed by atoms with Gasteiger partial charge in [-0.1, -0.05) is 0 Å². The Hall–Kier alpha value is -2.24. The maximum Gasteiger partial charge on any atom is 0.312 e. The van der Waals surface area contributed by atoms with Crippen molar-refractivity contribution in [2.24, 2.45) is 0 Å². The lowest BCUT2D eigenvalue weighted by Crippen LogP contribution is -2.18. The van der Waals surface area contributed by atoms with Gasteiger partial charge in [-0.3, -0.25) is 9.59 Å². The number of aliphatic carboxylic acids is 1. The third-order valence-electron chi connectivity index (χ3n) is 2.48. The van der Waals surface area contributed by atoms with Gasteiger partial charge in [-0.2, -0.15) is 0 Å². The Morgan fingerprint density at radius 3 is 2.50 bits per heavy atom. The third kappa shape index (κ3) is 2.71. The number of anilines is 1. The monoisotopic (exact) mass is 251 g/mol. The lowest BCUT2D eigenvalue weighted by atomic mass is 10.1. The van der Waals surface area contributed by atoms with Gasteiger partial charge in [0, 0.05) is 11.8 Å². The normalized spacial score (nSPS) is 12.9. The number of carboxylic acid groups (broad SMARTS) is 1. The first kappa shape index (κ1) is 12.2. The molecule has 6 nitrogen and oxygen atoms in total. The van der Waals surface area contributed by atoms with Crippen molar-refractivity contribution in [1.82, 2.24) is 0 Å². The number of carbonyl (C=O) groups excluding carboxylic acids is 1. The third-order valence-corrected chi connectivity index (χ3v) is 2.48. The first-order chi connectivity index (χ1) is 8.56. The molecule has 2 rings (SSSR count). The molecule has 0 unspecified atom stereocenters. The van der Waals surface area contributed by atoms with Crippen molar-refractivity contribution in [3.63, 3.8) is 0 Å². The topological polar surface area (TPSA) is 84.9 Å². The lowest BCUT2D eigenvalue weighted by molar-refractivity contribution is -0.139. The van der Waals surface area contributed by atoms with E-state index in [2.05, 4.69) is 5.32 Å². The number of benzene rings is 1. The van der Waals surface area contributed by atoms with Gasteiger partial charge in [0.1, 0.15) is 19.6 Å². The molecule has 18 heavy (non-hydrogen) atoms. The Labute approximate surface area is 104 Å². The molecule has 96 valence electrons. The largest absolute Gasteiger partial charge is 0.486 e. The molecule has 6 heteroatoms. The van der Waals surface area contributed by atoms with Crippen molar-refractivity contribution in [3.8, 4) is 11.5 Å². The summed E-state index contributed by atoms with van der Waals surface area (Å²) in [7, 11) is 0. The minimum atomic E-state index is -1.16. The Morgan fingerprint density at radius 2 is 1.89 bits per heavy atom. The molecule has 1 aliphatic rings. The van der Waals surface area contributed by atoms with Crippen molar-refractivity contribution in [2.75, 3.05) is 18.5 Å². The molecule has 0 aromatic heterocycles. The first-order valence-corrected chi connectivity index (χ1v) is 5.48. The van der Waals surface area contributed by atoms with E-state index < -0.39 is 18.3 Å². The van der Waals surface area contributed by atoms with E-state index in [0.717, 1.165) is 5.56 Å². The van der Waals surface area contributed by atoms with Crippen LogP contribution in [0.1, 0.15) is 12.0 Å². The van der Waals surface area contributed by atoms with Crippen LogP contribution in [0.4, 0.5) is 5.69 Å². The van der Waals surface area contributed by atoms with Crippen LogP contribution in [0.2, 0.25) is 0 Å². The van der Waals surface area contributed by atoms with E-state index in [1.165, 1.54) is 0 Å². The van der Waals surface area contributed by atoms with Crippen LogP contribution in [0, 0.1) is 6.92 Å². The quantitative estimate of drug-likeness (QED) is 0.788. The van der Waals surface area contributed by atoms with Crippen molar-refractivity contribution < 1.29 is 24.2 Å². The number of amides is 1. The van der Waals surface area contributed by atoms with Crippen LogP contribution in [0.15, 0.2) is 12.1 Å². The summed E-state index contributed by atoms with van der Waals surface area (Å²) in [6.45, 7) is 2.75. The molecule has 0 aliphatic carbocycles. The van der Waals surface area contributed by atoms with Crippen LogP contribution >= 0.6 is 0 Å². The van der Waals surface area contributed by atoms with Gasteiger partial charge in [-0.05, 0) is 18.6 Å². The summed E-state index contributed by atoms with van der Waals surface area (Å²) in [5, 5.41) is 11.1. The van der Waals surface area contributed by atoms with Gasteiger partial charge in [-0.15, -0.1) is 0 Å². The maximum absolute atomic E-state index is 11.4. The molecule has 0 saturated carbocycles. The average Bonchev–Trinajstić information content (AvgIpc) is 2.29. The van der Waals surface area contributed by atoms with E-state index in [1.54, 1.807) is 19.1 Å². The number of hydrogen-bond acceptors (Lipinski definition) is 4. The highest BCUT2D eigenvalue weighted by atomic mass is 16.6. The summed E-state index contributed by atoms with van der Waals surface area (Å²) in [4.78, 5) is 21.8. The fourth-order valence-electron chi connectivity index (χ4n) is 1.66. The number of fused-ring (bicyclic) bond motifs is 1. The Morgan fingerprint density at radius 1 is 1.28 bits per heavy atom. The van der Waals surface area contributed by atoms with Gasteiger partial charge >= 0.3 is 5.97 Å². The lowest BCUT2D eigenvalue weighted by Gasteiger charge is -2.20. The van der Waals surface area contributed by atoms with Gasteiger partial charge < -0.3 is 19.9 Å². The van der Waals surface area contributed by atoms with E-state index in [9.17, 15) is 9.59 Å². The molecule has 1 aromatic carbocycles. The molecule has 0 atom stereocenters. The summed E-state index contributed by atoms with van der Waals surface area (Å²) >= 11 is 0. The van der Waals surface area contributed by atoms with Crippen LogP contribution in [0.25, 0.3) is 0 Å². The molecule has 0 fully saturated rings. The smallest absolute Gasteiger partial charge is 0.312 e. The minimum absolute atomic E-state index is 0.457. The highest BCUT2D eigenvalue weighted by Crippen LogP contribution is 2.35. The van der Waals surface area contributed by atoms with Crippen LogP contribution in [0.5, 0.6) is 11.5 Å². The molecular formula is C12H13NO5. The van der Waals surface area contributed by atoms with Crippen LogP contribution in [-0.2, 0) is 9.59 Å². The first-order valence-electron chi connectivity index (χ1n) is 5.48. The molecule has 0 saturated heterocycles. The second-order valence-corrected chi connectivity index (χ2v) is 3.93. The van der Waals surface area contributed by atoms with E-state index in [1.807, 2.05) is 0 Å². The Balaban J connectivity index is 2.18. The Kier molecular flexibility index (Phi) is 3.36. The number of rotatable bonds is 3. The molecule has 1 aromatic rings. The zero-order chi connectivity index (χ0) is 13.1. The summed E-state index contributed by atoms with van der Waals surface area (Å²) in [6.07, 6.45) is -0.562. The predicted octanol–water partition coefficient (Wildman–Crippen LogP) is 1.18. The number of carboxylic acids is 1.